The van der Waals surface area contributed by atoms with Gasteiger partial charge < -0.3 is 30.4 Å². The third kappa shape index (κ3) is 11.3. The number of hydrazine groups is 1. The highest BCUT2D eigenvalue weighted by atomic mass is 19.4. The number of nitrogen functional groups attached to an aromatic ring is 1. The first-order chi connectivity index (χ1) is 21.2. The quantitative estimate of drug-likeness (QED) is 0.101. The number of amidine groups is 1. The topological polar surface area (TPSA) is 185 Å². The van der Waals surface area contributed by atoms with Gasteiger partial charge in [0.1, 0.15) is 17.6 Å². The second kappa shape index (κ2) is 16.4. The largest absolute Gasteiger partial charge is 0.497 e. The van der Waals surface area contributed by atoms with Crippen molar-refractivity contribution >= 4 is 29.3 Å². The van der Waals surface area contributed by atoms with Crippen LogP contribution < -0.4 is 36.1 Å². The molecule has 0 saturated heterocycles. The molecule has 0 aliphatic rings. The first-order valence-corrected chi connectivity index (χ1v) is 13.3. The summed E-state index contributed by atoms with van der Waals surface area (Å²) < 4.78 is 48.5. The van der Waals surface area contributed by atoms with E-state index in [0.29, 0.717) is 46.2 Å². The number of halogens is 3. The summed E-state index contributed by atoms with van der Waals surface area (Å²) in [5.41, 5.74) is 12.6. The Kier molecular flexibility index (Phi) is 13.0. The van der Waals surface area contributed by atoms with Gasteiger partial charge in [-0.1, -0.05) is 6.07 Å². The summed E-state index contributed by atoms with van der Waals surface area (Å²) in [7, 11) is 1.54. The van der Waals surface area contributed by atoms with Gasteiger partial charge in [0.2, 0.25) is 0 Å². The number of nitrogens with two attached hydrogens (primary N) is 1. The van der Waals surface area contributed by atoms with Crippen molar-refractivity contribution in [1.82, 2.24) is 10.9 Å². The molecule has 3 rings (SSSR count). The molecular weight excluding hydrogens is 599 g/mol. The fourth-order valence-electron chi connectivity index (χ4n) is 3.54. The van der Waals surface area contributed by atoms with E-state index in [0.717, 1.165) is 0 Å². The van der Waals surface area contributed by atoms with Crippen molar-refractivity contribution in [3.8, 4) is 17.2 Å². The average molecular weight is 634 g/mol. The zero-order chi connectivity index (χ0) is 33.7. The van der Waals surface area contributed by atoms with E-state index in [1.807, 2.05) is 20.8 Å². The number of amides is 2. The molecule has 0 bridgehead atoms. The van der Waals surface area contributed by atoms with Crippen molar-refractivity contribution in [2.45, 2.75) is 39.1 Å². The van der Waals surface area contributed by atoms with Gasteiger partial charge in [-0.3, -0.25) is 25.8 Å². The van der Waals surface area contributed by atoms with Crippen LogP contribution in [-0.2, 0) is 9.59 Å². The maximum Gasteiger partial charge on any atom is 0.490 e. The number of alkyl halides is 3. The molecule has 45 heavy (non-hydrogen) atoms. The van der Waals surface area contributed by atoms with Crippen LogP contribution in [0.15, 0.2) is 66.7 Å². The van der Waals surface area contributed by atoms with Crippen LogP contribution in [0.4, 0.5) is 18.9 Å². The molecule has 15 heteroatoms. The number of aliphatic carboxylic acids is 1. The maximum atomic E-state index is 13.4. The molecule has 0 fully saturated rings. The minimum absolute atomic E-state index is 0.0609. The van der Waals surface area contributed by atoms with Crippen LogP contribution in [0.5, 0.6) is 17.2 Å². The van der Waals surface area contributed by atoms with E-state index in [1.54, 1.807) is 66.7 Å². The van der Waals surface area contributed by atoms with Gasteiger partial charge in [-0.25, -0.2) is 4.79 Å². The van der Waals surface area contributed by atoms with Crippen molar-refractivity contribution < 1.29 is 46.9 Å². The molecule has 0 heterocycles. The average Bonchev–Trinajstić information content (AvgIpc) is 2.99. The third-order valence-corrected chi connectivity index (χ3v) is 5.63. The molecule has 3 aromatic rings. The van der Waals surface area contributed by atoms with Crippen molar-refractivity contribution in [3.63, 3.8) is 0 Å². The summed E-state index contributed by atoms with van der Waals surface area (Å²) >= 11 is 0. The number of carboxylic acid groups (broad SMARTS) is 1. The van der Waals surface area contributed by atoms with Gasteiger partial charge in [-0.05, 0) is 87.0 Å². The summed E-state index contributed by atoms with van der Waals surface area (Å²) in [6.45, 7) is 6.10. The molecule has 0 saturated carbocycles. The third-order valence-electron chi connectivity index (χ3n) is 5.63. The number of benzene rings is 3. The molecule has 12 nitrogen and oxygen atoms in total. The van der Waals surface area contributed by atoms with Gasteiger partial charge in [-0.15, -0.1) is 0 Å². The predicted octanol–water partition coefficient (Wildman–Crippen LogP) is 4.41. The zero-order valence-electron chi connectivity index (χ0n) is 24.8. The number of carbonyl (C=O) groups is 3. The molecule has 0 aromatic heterocycles. The Morgan fingerprint density at radius 3 is 2.00 bits per heavy atom. The smallest absolute Gasteiger partial charge is 0.490 e. The monoisotopic (exact) mass is 633 g/mol. The fourth-order valence-corrected chi connectivity index (χ4v) is 3.54. The Balaban J connectivity index is 0.000000900. The Morgan fingerprint density at radius 1 is 0.933 bits per heavy atom. The number of carbonyl (C=O) groups excluding carboxylic acids is 2. The number of ether oxygens (including phenoxy) is 3. The van der Waals surface area contributed by atoms with Crippen LogP contribution in [-0.4, -0.2) is 54.7 Å². The molecule has 2 amide bonds. The lowest BCUT2D eigenvalue weighted by molar-refractivity contribution is -0.192. The van der Waals surface area contributed by atoms with Crippen LogP contribution >= 0.6 is 0 Å². The van der Waals surface area contributed by atoms with E-state index in [-0.39, 0.29) is 11.9 Å². The predicted molar refractivity (Wildman–Crippen MR) is 159 cm³/mol. The second-order valence-corrected chi connectivity index (χ2v) is 9.35. The summed E-state index contributed by atoms with van der Waals surface area (Å²) in [4.78, 5) is 34.9. The first-order valence-electron chi connectivity index (χ1n) is 13.3. The number of anilines is 1. The molecule has 242 valence electrons. The summed E-state index contributed by atoms with van der Waals surface area (Å²) in [5, 5.41) is 17.9. The molecule has 7 N–H and O–H groups in total. The minimum atomic E-state index is -5.08. The summed E-state index contributed by atoms with van der Waals surface area (Å²) in [6.07, 6.45) is -5.15. The van der Waals surface area contributed by atoms with Crippen molar-refractivity contribution in [2.24, 2.45) is 5.73 Å². The van der Waals surface area contributed by atoms with Crippen LogP contribution in [0.2, 0.25) is 0 Å². The lowest BCUT2D eigenvalue weighted by Crippen LogP contribution is -2.45. The van der Waals surface area contributed by atoms with E-state index in [9.17, 15) is 22.8 Å². The molecule has 0 radical (unpaired) electrons. The van der Waals surface area contributed by atoms with Crippen LogP contribution in [0.25, 0.3) is 0 Å². The number of carboxylic acids is 1. The molecule has 3 aromatic carbocycles. The highest BCUT2D eigenvalue weighted by molar-refractivity contribution is 5.97. The Morgan fingerprint density at radius 2 is 1.51 bits per heavy atom. The lowest BCUT2D eigenvalue weighted by Gasteiger charge is -2.22. The van der Waals surface area contributed by atoms with Crippen LogP contribution in [0.3, 0.4) is 0 Å². The zero-order valence-corrected chi connectivity index (χ0v) is 24.8. The number of rotatable bonds is 11. The summed E-state index contributed by atoms with van der Waals surface area (Å²) in [6, 6.07) is 17.6. The number of hydrogen-bond acceptors (Lipinski definition) is 8. The number of hydrogen-bond donors (Lipinski definition) is 6. The van der Waals surface area contributed by atoms with Gasteiger partial charge in [0.15, 0.2) is 11.5 Å². The molecular formula is C30H34F3N5O7. The summed E-state index contributed by atoms with van der Waals surface area (Å²) in [5.74, 6) is -2.15. The molecule has 1 atom stereocenters. The second-order valence-electron chi connectivity index (χ2n) is 9.35. The van der Waals surface area contributed by atoms with Gasteiger partial charge in [0, 0.05) is 16.8 Å². The Hall–Kier alpha value is -5.47. The van der Waals surface area contributed by atoms with E-state index in [1.165, 1.54) is 7.11 Å². The Bertz CT molecular complexity index is 1460. The van der Waals surface area contributed by atoms with Crippen LogP contribution in [0.1, 0.15) is 48.3 Å². The van der Waals surface area contributed by atoms with Gasteiger partial charge in [0.05, 0.1) is 19.8 Å². The molecule has 0 aliphatic carbocycles. The maximum absolute atomic E-state index is 13.4. The van der Waals surface area contributed by atoms with Crippen molar-refractivity contribution in [1.29, 1.82) is 5.41 Å². The normalized spacial score (nSPS) is 11.3. The standard InChI is InChI=1S/C28H33N5O5.C2HF3O2/c1-5-37-24-16-20(10-15-23(24)38-17(2)3)25(31-21-11-6-18(7-12-21)26(29)30)28(35)33-32-27(34)19-8-13-22(36-4)14-9-19;3-2(4,5)1(6)7/h6-17,25,31H,5H2,1-4H3,(H3,29,30)(H,32,34)(H,33,35);(H,6,7). The molecule has 1 unspecified atom stereocenters. The highest BCUT2D eigenvalue weighted by Crippen LogP contribution is 2.33. The molecule has 0 aliphatic heterocycles. The van der Waals surface area contributed by atoms with Gasteiger partial charge in [0.25, 0.3) is 11.8 Å². The minimum Gasteiger partial charge on any atom is -0.497 e. The van der Waals surface area contributed by atoms with Gasteiger partial charge in [-0.2, -0.15) is 13.2 Å². The SMILES string of the molecule is CCOc1cc(C(Nc2ccc(C(=N)N)cc2)C(=O)NNC(=O)c2ccc(OC)cc2)ccc1OC(C)C.O=C(O)C(F)(F)F. The first kappa shape index (κ1) is 35.7. The lowest BCUT2D eigenvalue weighted by atomic mass is 10.0. The molecule has 0 spiro atoms. The number of nitrogens with one attached hydrogen (secondary N) is 4. The number of methoxy groups -OCH3 is 1. The van der Waals surface area contributed by atoms with Crippen molar-refractivity contribution in [2.75, 3.05) is 19.0 Å². The van der Waals surface area contributed by atoms with E-state index >= 15 is 0 Å². The van der Waals surface area contributed by atoms with Crippen LogP contribution in [0, 0.1) is 5.41 Å². The van der Waals surface area contributed by atoms with E-state index in [2.05, 4.69) is 16.2 Å². The van der Waals surface area contributed by atoms with E-state index in [4.69, 9.17) is 35.3 Å². The fraction of sp³-hybridized carbons (Fsp3) is 0.267. The van der Waals surface area contributed by atoms with Gasteiger partial charge >= 0.3 is 12.1 Å². The van der Waals surface area contributed by atoms with E-state index < -0.39 is 30.0 Å². The van der Waals surface area contributed by atoms with Crippen molar-refractivity contribution in [3.05, 3.63) is 83.4 Å². The Labute approximate surface area is 257 Å². The highest BCUT2D eigenvalue weighted by Gasteiger charge is 2.38.